The molecule has 1 atom stereocenters. The highest BCUT2D eigenvalue weighted by Crippen LogP contribution is 2.11. The van der Waals surface area contributed by atoms with Crippen molar-refractivity contribution in [1.82, 2.24) is 0 Å². The average Bonchev–Trinajstić information content (AvgIpc) is 2.63. The van der Waals surface area contributed by atoms with E-state index in [0.717, 1.165) is 25.7 Å². The fraction of sp³-hybridized carbons (Fsp3) is 0.840. The maximum absolute atomic E-state index is 12.0. The number of ether oxygens (including phenoxy) is 1. The van der Waals surface area contributed by atoms with Gasteiger partial charge in [0.15, 0.2) is 6.10 Å². The van der Waals surface area contributed by atoms with Crippen molar-refractivity contribution in [3.8, 4) is 0 Å². The van der Waals surface area contributed by atoms with Crippen molar-refractivity contribution in [3.63, 3.8) is 0 Å². The Kier molecular flexibility index (Phi) is 17.6. The van der Waals surface area contributed by atoms with Gasteiger partial charge in [-0.2, -0.15) is 0 Å². The largest absolute Gasteiger partial charge is 0.481 e. The molecular formula is C25H48NO4+. The summed E-state index contributed by atoms with van der Waals surface area (Å²) in [5.41, 5.74) is 0. The van der Waals surface area contributed by atoms with Gasteiger partial charge in [0.2, 0.25) is 0 Å². The normalized spacial score (nSPS) is 12.9. The Bertz CT molecular complexity index is 468. The summed E-state index contributed by atoms with van der Waals surface area (Å²) < 4.78 is 5.97. The van der Waals surface area contributed by atoms with E-state index in [1.165, 1.54) is 57.8 Å². The molecule has 0 spiro atoms. The first-order valence-electron chi connectivity index (χ1n) is 12.1. The lowest BCUT2D eigenvalue weighted by Gasteiger charge is -2.28. The number of quaternary nitrogens is 1. The van der Waals surface area contributed by atoms with Crippen LogP contribution in [0.3, 0.4) is 0 Å². The number of allylic oxidation sites excluding steroid dienone is 2. The Balaban J connectivity index is 3.66. The molecule has 0 amide bonds. The van der Waals surface area contributed by atoms with E-state index in [2.05, 4.69) is 19.1 Å². The van der Waals surface area contributed by atoms with Crippen LogP contribution in [-0.4, -0.2) is 55.3 Å². The van der Waals surface area contributed by atoms with Crippen LogP contribution in [-0.2, 0) is 14.3 Å². The minimum atomic E-state index is -0.931. The minimum absolute atomic E-state index is 0.134. The SMILES string of the molecule is CCCCCCCCCC/C=C/CCCCCC(=O)OC(CC(=O)O)C[N+](C)(C)C. The van der Waals surface area contributed by atoms with E-state index >= 15 is 0 Å². The van der Waals surface area contributed by atoms with Crippen molar-refractivity contribution >= 4 is 11.9 Å². The molecule has 0 aromatic carbocycles. The highest BCUT2D eigenvalue weighted by Gasteiger charge is 2.24. The molecule has 0 heterocycles. The van der Waals surface area contributed by atoms with Crippen molar-refractivity contribution in [3.05, 3.63) is 12.2 Å². The molecule has 0 aliphatic carbocycles. The molecular weight excluding hydrogens is 378 g/mol. The molecule has 0 saturated heterocycles. The third kappa shape index (κ3) is 21.4. The smallest absolute Gasteiger partial charge is 0.307 e. The second-order valence-corrected chi connectivity index (χ2v) is 9.52. The summed E-state index contributed by atoms with van der Waals surface area (Å²) in [4.78, 5) is 23.0. The van der Waals surface area contributed by atoms with Gasteiger partial charge in [-0.05, 0) is 32.1 Å². The Hall–Kier alpha value is -1.36. The molecule has 5 nitrogen and oxygen atoms in total. The first-order valence-corrected chi connectivity index (χ1v) is 12.1. The quantitative estimate of drug-likeness (QED) is 0.110. The van der Waals surface area contributed by atoms with Crippen LogP contribution in [0.2, 0.25) is 0 Å². The zero-order valence-electron chi connectivity index (χ0n) is 20.2. The standard InChI is InChI=1S/C25H47NO4/c1-5-6-7-8-9-10-11-12-13-14-15-16-17-18-19-20-25(29)30-23(21-24(27)28)22-26(2,3)4/h14-15,23H,5-13,16-22H2,1-4H3/p+1/b15-14+. The van der Waals surface area contributed by atoms with Crippen LogP contribution in [0, 0.1) is 0 Å². The Morgan fingerprint density at radius 1 is 0.833 bits per heavy atom. The van der Waals surface area contributed by atoms with E-state index in [9.17, 15) is 9.59 Å². The van der Waals surface area contributed by atoms with Gasteiger partial charge in [-0.25, -0.2) is 0 Å². The van der Waals surface area contributed by atoms with Gasteiger partial charge in [0.1, 0.15) is 6.54 Å². The molecule has 0 radical (unpaired) electrons. The molecule has 0 bridgehead atoms. The number of carbonyl (C=O) groups is 2. The lowest BCUT2D eigenvalue weighted by molar-refractivity contribution is -0.873. The van der Waals surface area contributed by atoms with Crippen LogP contribution in [0.4, 0.5) is 0 Å². The predicted molar refractivity (Wildman–Crippen MR) is 124 cm³/mol. The summed E-state index contributed by atoms with van der Waals surface area (Å²) in [7, 11) is 5.89. The molecule has 0 aromatic heterocycles. The van der Waals surface area contributed by atoms with Crippen LogP contribution < -0.4 is 0 Å². The van der Waals surface area contributed by atoms with E-state index in [1.54, 1.807) is 0 Å². The summed E-state index contributed by atoms with van der Waals surface area (Å²) in [5.74, 6) is -1.21. The maximum atomic E-state index is 12.0. The summed E-state index contributed by atoms with van der Waals surface area (Å²) in [6.07, 6.45) is 20.2. The zero-order chi connectivity index (χ0) is 22.7. The molecule has 0 aliphatic rings. The van der Waals surface area contributed by atoms with Gasteiger partial charge in [0, 0.05) is 6.42 Å². The zero-order valence-corrected chi connectivity index (χ0v) is 20.2. The van der Waals surface area contributed by atoms with Crippen LogP contribution in [0.5, 0.6) is 0 Å². The highest BCUT2D eigenvalue weighted by molar-refractivity contribution is 5.71. The maximum Gasteiger partial charge on any atom is 0.307 e. The van der Waals surface area contributed by atoms with Crippen molar-refractivity contribution in [1.29, 1.82) is 0 Å². The molecule has 0 aliphatic heterocycles. The second kappa shape index (κ2) is 18.4. The van der Waals surface area contributed by atoms with E-state index in [0.29, 0.717) is 17.4 Å². The van der Waals surface area contributed by atoms with Gasteiger partial charge >= 0.3 is 11.9 Å². The molecule has 1 unspecified atom stereocenters. The van der Waals surface area contributed by atoms with E-state index < -0.39 is 12.1 Å². The molecule has 0 rings (SSSR count). The van der Waals surface area contributed by atoms with Crippen molar-refractivity contribution in [2.24, 2.45) is 0 Å². The Labute approximate surface area is 185 Å². The van der Waals surface area contributed by atoms with E-state index in [4.69, 9.17) is 9.84 Å². The third-order valence-electron chi connectivity index (χ3n) is 5.09. The van der Waals surface area contributed by atoms with Crippen molar-refractivity contribution in [2.75, 3.05) is 27.7 Å². The fourth-order valence-corrected chi connectivity index (χ4v) is 3.53. The number of carbonyl (C=O) groups excluding carboxylic acids is 1. The monoisotopic (exact) mass is 426 g/mol. The number of likely N-dealkylation sites (N-methyl/N-ethyl adjacent to an activating group) is 1. The van der Waals surface area contributed by atoms with Crippen LogP contribution in [0.15, 0.2) is 12.2 Å². The van der Waals surface area contributed by atoms with Crippen molar-refractivity contribution in [2.45, 2.75) is 109 Å². The lowest BCUT2D eigenvalue weighted by atomic mass is 10.1. The number of unbranched alkanes of at least 4 members (excludes halogenated alkanes) is 11. The van der Waals surface area contributed by atoms with Gasteiger partial charge in [-0.15, -0.1) is 0 Å². The molecule has 0 aromatic rings. The van der Waals surface area contributed by atoms with Gasteiger partial charge in [0.05, 0.1) is 27.6 Å². The average molecular weight is 427 g/mol. The number of carboxylic acids is 1. The highest BCUT2D eigenvalue weighted by atomic mass is 16.5. The van der Waals surface area contributed by atoms with Crippen LogP contribution in [0.25, 0.3) is 0 Å². The fourth-order valence-electron chi connectivity index (χ4n) is 3.53. The third-order valence-corrected chi connectivity index (χ3v) is 5.09. The number of carboxylic acid groups (broad SMARTS) is 1. The molecule has 176 valence electrons. The van der Waals surface area contributed by atoms with Crippen LogP contribution in [0.1, 0.15) is 103 Å². The number of esters is 1. The Morgan fingerprint density at radius 3 is 1.83 bits per heavy atom. The summed E-state index contributed by atoms with van der Waals surface area (Å²) in [6.45, 7) is 2.76. The van der Waals surface area contributed by atoms with E-state index in [1.807, 2.05) is 21.1 Å². The van der Waals surface area contributed by atoms with Crippen LogP contribution >= 0.6 is 0 Å². The van der Waals surface area contributed by atoms with Gasteiger partial charge in [0.25, 0.3) is 0 Å². The first-order chi connectivity index (χ1) is 14.2. The number of hydrogen-bond donors (Lipinski definition) is 1. The number of nitrogens with zero attached hydrogens (tertiary/aromatic N) is 1. The van der Waals surface area contributed by atoms with Gasteiger partial charge in [-0.1, -0.05) is 70.4 Å². The first kappa shape index (κ1) is 28.6. The van der Waals surface area contributed by atoms with Gasteiger partial charge in [-0.3, -0.25) is 9.59 Å². The van der Waals surface area contributed by atoms with Crippen molar-refractivity contribution < 1.29 is 23.9 Å². The van der Waals surface area contributed by atoms with E-state index in [-0.39, 0.29) is 12.4 Å². The molecule has 0 saturated carbocycles. The molecule has 5 heteroatoms. The minimum Gasteiger partial charge on any atom is -0.481 e. The second-order valence-electron chi connectivity index (χ2n) is 9.52. The Morgan fingerprint density at radius 2 is 1.33 bits per heavy atom. The number of hydrogen-bond acceptors (Lipinski definition) is 3. The molecule has 30 heavy (non-hydrogen) atoms. The summed E-state index contributed by atoms with van der Waals surface area (Å²) >= 11 is 0. The summed E-state index contributed by atoms with van der Waals surface area (Å²) in [5, 5.41) is 9.01. The van der Waals surface area contributed by atoms with Gasteiger partial charge < -0.3 is 14.3 Å². The molecule has 0 fully saturated rings. The summed E-state index contributed by atoms with van der Waals surface area (Å²) in [6, 6.07) is 0. The number of aliphatic carboxylic acids is 1. The number of rotatable bonds is 20. The topological polar surface area (TPSA) is 63.6 Å². The molecule has 1 N–H and O–H groups in total. The predicted octanol–water partition coefficient (Wildman–Crippen LogP) is 6.12. The lowest BCUT2D eigenvalue weighted by Crippen LogP contribution is -2.43.